The summed E-state index contributed by atoms with van der Waals surface area (Å²) in [6.45, 7) is 4.44. The van der Waals surface area contributed by atoms with Crippen LogP contribution < -0.4 is 0 Å². The van der Waals surface area contributed by atoms with Gasteiger partial charge >= 0.3 is 0 Å². The molecule has 103 valence electrons. The molecule has 0 heteroatoms. The average Bonchev–Trinajstić information content (AvgIpc) is 2.49. The van der Waals surface area contributed by atoms with Crippen molar-refractivity contribution >= 4 is 0 Å². The van der Waals surface area contributed by atoms with Gasteiger partial charge in [-0.25, -0.2) is 0 Å². The zero-order chi connectivity index (χ0) is 13.9. The second kappa shape index (κ2) is 5.83. The van der Waals surface area contributed by atoms with E-state index in [1.54, 1.807) is 5.92 Å². The van der Waals surface area contributed by atoms with E-state index in [2.05, 4.69) is 62.4 Å². The van der Waals surface area contributed by atoms with E-state index in [-0.39, 0.29) is 0 Å². The van der Waals surface area contributed by atoms with Gasteiger partial charge in [0.25, 0.3) is 0 Å². The van der Waals surface area contributed by atoms with E-state index < -0.39 is 0 Å². The Labute approximate surface area is 122 Å². The highest BCUT2D eigenvalue weighted by atomic mass is 14.2. The fourth-order valence-corrected chi connectivity index (χ4v) is 3.14. The maximum absolute atomic E-state index is 2.33. The predicted octanol–water partition coefficient (Wildman–Crippen LogP) is 5.91. The van der Waals surface area contributed by atoms with E-state index >= 15 is 0 Å². The van der Waals surface area contributed by atoms with Gasteiger partial charge in [-0.05, 0) is 61.1 Å². The topological polar surface area (TPSA) is 0 Å². The Hall–Kier alpha value is -1.56. The molecule has 0 heterocycles. The van der Waals surface area contributed by atoms with Crippen molar-refractivity contribution in [1.82, 2.24) is 0 Å². The van der Waals surface area contributed by atoms with Crippen LogP contribution in [0.3, 0.4) is 0 Å². The van der Waals surface area contributed by atoms with Gasteiger partial charge in [0.15, 0.2) is 0 Å². The van der Waals surface area contributed by atoms with E-state index in [0.29, 0.717) is 0 Å². The molecule has 0 unspecified atom stereocenters. The van der Waals surface area contributed by atoms with E-state index in [4.69, 9.17) is 0 Å². The molecule has 0 nitrogen and oxygen atoms in total. The summed E-state index contributed by atoms with van der Waals surface area (Å²) in [6.07, 6.45) is 5.28. The van der Waals surface area contributed by atoms with Crippen LogP contribution in [0.2, 0.25) is 0 Å². The van der Waals surface area contributed by atoms with Gasteiger partial charge < -0.3 is 0 Å². The molecule has 1 aliphatic carbocycles. The second-order valence-corrected chi connectivity index (χ2v) is 6.22. The number of rotatable bonds is 2. The van der Waals surface area contributed by atoms with Gasteiger partial charge in [-0.2, -0.15) is 0 Å². The molecule has 2 aromatic carbocycles. The normalized spacial score (nSPS) is 17.3. The summed E-state index contributed by atoms with van der Waals surface area (Å²) in [5, 5.41) is 0. The quantitative estimate of drug-likeness (QED) is 0.631. The first-order valence-electron chi connectivity index (χ1n) is 7.71. The molecule has 1 radical (unpaired) electrons. The third-order valence-electron chi connectivity index (χ3n) is 4.61. The zero-order valence-corrected chi connectivity index (χ0v) is 12.5. The smallest absolute Gasteiger partial charge is 0.0162 e. The maximum atomic E-state index is 2.33. The van der Waals surface area contributed by atoms with Crippen molar-refractivity contribution < 1.29 is 0 Å². The average molecular weight is 263 g/mol. The van der Waals surface area contributed by atoms with Crippen molar-refractivity contribution in [2.45, 2.75) is 45.4 Å². The summed E-state index contributed by atoms with van der Waals surface area (Å²) in [5.41, 5.74) is 5.48. The van der Waals surface area contributed by atoms with Gasteiger partial charge in [0.1, 0.15) is 0 Å². The lowest BCUT2D eigenvalue weighted by Crippen LogP contribution is -2.09. The molecule has 3 rings (SSSR count). The Morgan fingerprint density at radius 3 is 1.75 bits per heavy atom. The molecule has 1 fully saturated rings. The third-order valence-corrected chi connectivity index (χ3v) is 4.61. The summed E-state index contributed by atoms with van der Waals surface area (Å²) >= 11 is 0. The van der Waals surface area contributed by atoms with Crippen LogP contribution in [0.25, 0.3) is 11.1 Å². The highest BCUT2D eigenvalue weighted by Gasteiger charge is 2.19. The summed E-state index contributed by atoms with van der Waals surface area (Å²) in [4.78, 5) is 0. The minimum atomic E-state index is 0.769. The van der Waals surface area contributed by atoms with Gasteiger partial charge in [-0.3, -0.25) is 0 Å². The first-order valence-corrected chi connectivity index (χ1v) is 7.71. The second-order valence-electron chi connectivity index (χ2n) is 6.22. The Morgan fingerprint density at radius 1 is 0.700 bits per heavy atom. The van der Waals surface area contributed by atoms with Crippen LogP contribution in [0.4, 0.5) is 0 Å². The zero-order valence-electron chi connectivity index (χ0n) is 12.5. The summed E-state index contributed by atoms with van der Waals surface area (Å²) in [7, 11) is 0. The minimum Gasteiger partial charge on any atom is -0.0591 e. The van der Waals surface area contributed by atoms with Gasteiger partial charge in [0.05, 0.1) is 0 Å². The first kappa shape index (κ1) is 13.4. The van der Waals surface area contributed by atoms with Gasteiger partial charge in [-0.15, -0.1) is 0 Å². The van der Waals surface area contributed by atoms with Crippen molar-refractivity contribution in [1.29, 1.82) is 0 Å². The molecule has 1 saturated carbocycles. The molecule has 0 N–H and O–H groups in total. The highest BCUT2D eigenvalue weighted by Crippen LogP contribution is 2.36. The monoisotopic (exact) mass is 263 g/mol. The van der Waals surface area contributed by atoms with Crippen LogP contribution in [0.5, 0.6) is 0 Å². The van der Waals surface area contributed by atoms with Crippen LogP contribution in [0, 0.1) is 12.8 Å². The SMILES string of the molecule is C[C]1CCC(c2ccc(-c3ccc(C)cc3)cc2)CC1. The number of hydrogen-bond donors (Lipinski definition) is 0. The number of aryl methyl sites for hydroxylation is 1. The number of benzene rings is 2. The number of hydrogen-bond acceptors (Lipinski definition) is 0. The van der Waals surface area contributed by atoms with Gasteiger partial charge in [-0.1, -0.05) is 61.0 Å². The molecule has 0 amide bonds. The van der Waals surface area contributed by atoms with Crippen molar-refractivity contribution in [3.05, 3.63) is 65.6 Å². The van der Waals surface area contributed by atoms with Crippen LogP contribution in [0.1, 0.15) is 49.7 Å². The molecule has 20 heavy (non-hydrogen) atoms. The van der Waals surface area contributed by atoms with Crippen LogP contribution in [-0.4, -0.2) is 0 Å². The molecular weight excluding hydrogens is 240 g/mol. The van der Waals surface area contributed by atoms with Crippen molar-refractivity contribution in [3.63, 3.8) is 0 Å². The molecule has 0 aromatic heterocycles. The maximum Gasteiger partial charge on any atom is -0.0162 e. The Bertz CT molecular complexity index is 540. The third kappa shape index (κ3) is 2.95. The molecule has 0 aliphatic heterocycles. The van der Waals surface area contributed by atoms with Crippen LogP contribution in [0.15, 0.2) is 48.5 Å². The Balaban J connectivity index is 1.76. The molecule has 0 bridgehead atoms. The lowest BCUT2D eigenvalue weighted by molar-refractivity contribution is 0.472. The Morgan fingerprint density at radius 2 is 1.20 bits per heavy atom. The summed E-state index contributed by atoms with van der Waals surface area (Å²) < 4.78 is 0. The first-order chi connectivity index (χ1) is 9.72. The van der Waals surface area contributed by atoms with Gasteiger partial charge in [0.2, 0.25) is 0 Å². The molecular formula is C20H23. The van der Waals surface area contributed by atoms with Gasteiger partial charge in [0, 0.05) is 0 Å². The highest BCUT2D eigenvalue weighted by molar-refractivity contribution is 5.64. The fraction of sp³-hybridized carbons (Fsp3) is 0.350. The largest absolute Gasteiger partial charge is 0.0591 e. The molecule has 0 spiro atoms. The van der Waals surface area contributed by atoms with Crippen molar-refractivity contribution in [2.24, 2.45) is 0 Å². The lowest BCUT2D eigenvalue weighted by atomic mass is 9.79. The summed E-state index contributed by atoms with van der Waals surface area (Å²) in [6, 6.07) is 18.0. The van der Waals surface area contributed by atoms with E-state index in [9.17, 15) is 0 Å². The fourth-order valence-electron chi connectivity index (χ4n) is 3.14. The minimum absolute atomic E-state index is 0.769. The van der Waals surface area contributed by atoms with E-state index in [1.807, 2.05) is 0 Å². The standard InChI is InChI=1S/C20H23/c1-15-3-7-17(8-4-15)19-11-13-20(14-12-19)18-9-5-16(2)6-10-18/h3-4,7-8,11-14,18H,5-6,9-10H2,1-2H3. The Kier molecular flexibility index (Phi) is 3.91. The van der Waals surface area contributed by atoms with Crippen LogP contribution >= 0.6 is 0 Å². The van der Waals surface area contributed by atoms with Crippen LogP contribution in [-0.2, 0) is 0 Å². The lowest BCUT2D eigenvalue weighted by Gasteiger charge is -2.26. The predicted molar refractivity (Wildman–Crippen MR) is 86.7 cm³/mol. The molecule has 0 saturated heterocycles. The summed E-state index contributed by atoms with van der Waals surface area (Å²) in [5.74, 6) is 2.45. The van der Waals surface area contributed by atoms with Crippen molar-refractivity contribution in [2.75, 3.05) is 0 Å². The van der Waals surface area contributed by atoms with E-state index in [1.165, 1.54) is 47.9 Å². The molecule has 1 aliphatic rings. The van der Waals surface area contributed by atoms with E-state index in [0.717, 1.165) is 5.92 Å². The van der Waals surface area contributed by atoms with Crippen molar-refractivity contribution in [3.8, 4) is 11.1 Å². The molecule has 0 atom stereocenters. The molecule has 2 aromatic rings.